The highest BCUT2D eigenvalue weighted by molar-refractivity contribution is 7.90. The molecule has 0 spiro atoms. The van der Waals surface area contributed by atoms with Gasteiger partial charge in [-0.05, 0) is 45.0 Å². The Labute approximate surface area is 152 Å². The molecule has 0 aliphatic heterocycles. The zero-order valence-electron chi connectivity index (χ0n) is 15.0. The van der Waals surface area contributed by atoms with Crippen molar-refractivity contribution in [2.75, 3.05) is 11.6 Å². The fourth-order valence-corrected chi connectivity index (χ4v) is 2.80. The summed E-state index contributed by atoms with van der Waals surface area (Å²) in [6, 6.07) is 7.03. The van der Waals surface area contributed by atoms with E-state index in [1.807, 2.05) is 13.8 Å². The first-order valence-corrected chi connectivity index (χ1v) is 9.84. The third-order valence-corrected chi connectivity index (χ3v) is 4.71. The molecule has 0 aliphatic rings. The number of rotatable bonds is 6. The normalized spacial score (nSPS) is 12.7. The Hall–Kier alpha value is -2.68. The van der Waals surface area contributed by atoms with Gasteiger partial charge in [-0.2, -0.15) is 5.10 Å². The molecule has 140 valence electrons. The Balaban J connectivity index is 2.02. The van der Waals surface area contributed by atoms with Gasteiger partial charge >= 0.3 is 5.97 Å². The smallest absolute Gasteiger partial charge is 0.338 e. The Morgan fingerprint density at radius 2 is 1.73 bits per heavy atom. The lowest BCUT2D eigenvalue weighted by Gasteiger charge is -2.15. The van der Waals surface area contributed by atoms with Crippen LogP contribution in [0.4, 0.5) is 5.82 Å². The number of esters is 1. The minimum absolute atomic E-state index is 0.0616. The molecule has 0 saturated carbocycles. The fourth-order valence-electron chi connectivity index (χ4n) is 2.17. The molecular formula is C17H21N3O5S. The van der Waals surface area contributed by atoms with Crippen molar-refractivity contribution in [1.82, 2.24) is 9.78 Å². The van der Waals surface area contributed by atoms with Gasteiger partial charge in [0.05, 0.1) is 16.7 Å². The first-order chi connectivity index (χ1) is 12.1. The van der Waals surface area contributed by atoms with E-state index in [-0.39, 0.29) is 16.5 Å². The molecule has 1 aromatic heterocycles. The number of carbonyl (C=O) groups excluding carboxylic acids is 2. The van der Waals surface area contributed by atoms with Gasteiger partial charge in [0.25, 0.3) is 5.91 Å². The van der Waals surface area contributed by atoms with Gasteiger partial charge in [0.2, 0.25) is 0 Å². The summed E-state index contributed by atoms with van der Waals surface area (Å²) in [5, 5.41) is 6.77. The average Bonchev–Trinajstić information content (AvgIpc) is 3.02. The summed E-state index contributed by atoms with van der Waals surface area (Å²) in [6.07, 6.45) is 1.61. The lowest BCUT2D eigenvalue weighted by molar-refractivity contribution is -0.123. The van der Waals surface area contributed by atoms with E-state index in [9.17, 15) is 18.0 Å². The molecule has 0 unspecified atom stereocenters. The molecule has 0 fully saturated rings. The summed E-state index contributed by atoms with van der Waals surface area (Å²) in [5.41, 5.74) is 0.157. The van der Waals surface area contributed by atoms with Crippen LogP contribution in [0.25, 0.3) is 0 Å². The maximum absolute atomic E-state index is 12.2. The molecule has 1 amide bonds. The third kappa shape index (κ3) is 4.69. The summed E-state index contributed by atoms with van der Waals surface area (Å²) < 4.78 is 29.6. The highest BCUT2D eigenvalue weighted by atomic mass is 32.2. The van der Waals surface area contributed by atoms with E-state index < -0.39 is 27.8 Å². The van der Waals surface area contributed by atoms with Crippen LogP contribution < -0.4 is 5.32 Å². The number of ether oxygens (including phenoxy) is 1. The van der Waals surface area contributed by atoms with Crippen LogP contribution in [0.1, 0.15) is 37.2 Å². The van der Waals surface area contributed by atoms with Gasteiger partial charge < -0.3 is 10.1 Å². The average molecular weight is 379 g/mol. The van der Waals surface area contributed by atoms with Crippen LogP contribution >= 0.6 is 0 Å². The molecule has 1 N–H and O–H groups in total. The van der Waals surface area contributed by atoms with Gasteiger partial charge in [-0.3, -0.25) is 4.79 Å². The van der Waals surface area contributed by atoms with Crippen molar-refractivity contribution in [3.8, 4) is 0 Å². The minimum Gasteiger partial charge on any atom is -0.449 e. The molecule has 1 heterocycles. The molecule has 0 aliphatic carbocycles. The predicted molar refractivity (Wildman–Crippen MR) is 95.7 cm³/mol. The van der Waals surface area contributed by atoms with Crippen LogP contribution in [-0.2, 0) is 19.4 Å². The van der Waals surface area contributed by atoms with Crippen molar-refractivity contribution in [1.29, 1.82) is 0 Å². The molecule has 8 nitrogen and oxygen atoms in total. The van der Waals surface area contributed by atoms with Crippen molar-refractivity contribution in [3.63, 3.8) is 0 Å². The first kappa shape index (κ1) is 19.6. The van der Waals surface area contributed by atoms with Gasteiger partial charge in [-0.25, -0.2) is 17.9 Å². The number of nitrogens with one attached hydrogen (secondary N) is 1. The Morgan fingerprint density at radius 3 is 2.27 bits per heavy atom. The van der Waals surface area contributed by atoms with Crippen LogP contribution in [0.5, 0.6) is 0 Å². The molecule has 9 heteroatoms. The summed E-state index contributed by atoms with van der Waals surface area (Å²) in [7, 11) is -3.35. The topological polar surface area (TPSA) is 107 Å². The Kier molecular flexibility index (Phi) is 5.81. The van der Waals surface area contributed by atoms with Gasteiger partial charge in [-0.15, -0.1) is 0 Å². The number of sulfone groups is 1. The molecule has 2 rings (SSSR count). The molecule has 0 saturated heterocycles. The standard InChI is InChI=1S/C17H21N3O5S/c1-11(2)20-15(9-10-18-20)19-16(21)12(3)25-17(22)13-5-7-14(8-6-13)26(4,23)24/h5-12H,1-4H3,(H,19,21)/t12-/m0/s1. The Morgan fingerprint density at radius 1 is 1.12 bits per heavy atom. The lowest BCUT2D eigenvalue weighted by atomic mass is 10.2. The lowest BCUT2D eigenvalue weighted by Crippen LogP contribution is -2.31. The monoisotopic (exact) mass is 379 g/mol. The van der Waals surface area contributed by atoms with Gasteiger partial charge in [0.1, 0.15) is 5.82 Å². The van der Waals surface area contributed by atoms with E-state index in [1.54, 1.807) is 16.9 Å². The van der Waals surface area contributed by atoms with Crippen molar-refractivity contribution < 1.29 is 22.7 Å². The molecule has 1 atom stereocenters. The number of hydrogen-bond acceptors (Lipinski definition) is 6. The highest BCUT2D eigenvalue weighted by Gasteiger charge is 2.21. The number of benzene rings is 1. The fraction of sp³-hybridized carbons (Fsp3) is 0.353. The number of carbonyl (C=O) groups is 2. The number of hydrogen-bond donors (Lipinski definition) is 1. The van der Waals surface area contributed by atoms with Crippen LogP contribution in [0.2, 0.25) is 0 Å². The second-order valence-corrected chi connectivity index (χ2v) is 8.10. The highest BCUT2D eigenvalue weighted by Crippen LogP contribution is 2.15. The first-order valence-electron chi connectivity index (χ1n) is 7.95. The van der Waals surface area contributed by atoms with Crippen LogP contribution in [0.15, 0.2) is 41.4 Å². The molecule has 2 aromatic rings. The van der Waals surface area contributed by atoms with Crippen molar-refractivity contribution in [2.45, 2.75) is 37.8 Å². The van der Waals surface area contributed by atoms with Crippen molar-refractivity contribution in [3.05, 3.63) is 42.1 Å². The van der Waals surface area contributed by atoms with Gasteiger partial charge in [-0.1, -0.05) is 0 Å². The molecule has 0 radical (unpaired) electrons. The van der Waals surface area contributed by atoms with Gasteiger partial charge in [0, 0.05) is 18.4 Å². The minimum atomic E-state index is -3.35. The Bertz CT molecular complexity index is 901. The summed E-state index contributed by atoms with van der Waals surface area (Å²) >= 11 is 0. The third-order valence-electron chi connectivity index (χ3n) is 3.58. The SMILES string of the molecule is CC(C)n1nccc1NC(=O)[C@H](C)OC(=O)c1ccc(S(C)(=O)=O)cc1. The molecular weight excluding hydrogens is 358 g/mol. The second-order valence-electron chi connectivity index (χ2n) is 6.09. The number of anilines is 1. The largest absolute Gasteiger partial charge is 0.449 e. The van der Waals surface area contributed by atoms with Gasteiger partial charge in [0.15, 0.2) is 15.9 Å². The van der Waals surface area contributed by atoms with E-state index >= 15 is 0 Å². The number of aromatic nitrogens is 2. The maximum Gasteiger partial charge on any atom is 0.338 e. The van der Waals surface area contributed by atoms with Crippen LogP contribution in [-0.4, -0.2) is 42.4 Å². The van der Waals surface area contributed by atoms with Crippen LogP contribution in [0, 0.1) is 0 Å². The number of amides is 1. The summed E-state index contributed by atoms with van der Waals surface area (Å²) in [5.74, 6) is -0.705. The van der Waals surface area contributed by atoms with E-state index in [2.05, 4.69) is 10.4 Å². The number of nitrogens with zero attached hydrogens (tertiary/aromatic N) is 2. The van der Waals surface area contributed by atoms with E-state index in [0.717, 1.165) is 6.26 Å². The summed E-state index contributed by atoms with van der Waals surface area (Å²) in [6.45, 7) is 5.30. The van der Waals surface area contributed by atoms with Crippen molar-refractivity contribution >= 4 is 27.5 Å². The van der Waals surface area contributed by atoms with Crippen molar-refractivity contribution in [2.24, 2.45) is 0 Å². The van der Waals surface area contributed by atoms with E-state index in [1.165, 1.54) is 31.2 Å². The van der Waals surface area contributed by atoms with E-state index in [0.29, 0.717) is 5.82 Å². The quantitative estimate of drug-likeness (QED) is 0.770. The zero-order valence-corrected chi connectivity index (χ0v) is 15.8. The zero-order chi connectivity index (χ0) is 19.5. The molecule has 0 bridgehead atoms. The van der Waals surface area contributed by atoms with E-state index in [4.69, 9.17) is 4.74 Å². The van der Waals surface area contributed by atoms with Crippen LogP contribution in [0.3, 0.4) is 0 Å². The summed E-state index contributed by atoms with van der Waals surface area (Å²) in [4.78, 5) is 24.5. The molecule has 1 aromatic carbocycles. The second kappa shape index (κ2) is 7.69. The predicted octanol–water partition coefficient (Wildman–Crippen LogP) is 2.05. The molecule has 26 heavy (non-hydrogen) atoms. The maximum atomic E-state index is 12.2.